The van der Waals surface area contributed by atoms with Gasteiger partial charge in [-0.05, 0) is 35.4 Å². The second kappa shape index (κ2) is 6.96. The van der Waals surface area contributed by atoms with Gasteiger partial charge in [-0.15, -0.1) is 11.6 Å². The second-order valence-electron chi connectivity index (χ2n) is 4.36. The Balaban J connectivity index is 1.97. The first kappa shape index (κ1) is 14.4. The van der Waals surface area contributed by atoms with Crippen LogP contribution in [0.4, 0.5) is 0 Å². The monoisotopic (exact) mass is 289 g/mol. The SMILES string of the molecule is COc1ccc(CNC(=O)c2cccc(CCl)c2)cc1. The predicted octanol–water partition coefficient (Wildman–Crippen LogP) is 3.36. The summed E-state index contributed by atoms with van der Waals surface area (Å²) in [5.41, 5.74) is 2.58. The molecule has 20 heavy (non-hydrogen) atoms. The molecule has 2 aromatic rings. The molecule has 0 aliphatic carbocycles. The lowest BCUT2D eigenvalue weighted by molar-refractivity contribution is 0.0951. The van der Waals surface area contributed by atoms with E-state index in [1.54, 1.807) is 19.2 Å². The number of ether oxygens (including phenoxy) is 1. The van der Waals surface area contributed by atoms with Crippen molar-refractivity contribution in [1.29, 1.82) is 0 Å². The van der Waals surface area contributed by atoms with E-state index in [1.165, 1.54) is 0 Å². The molecule has 2 rings (SSSR count). The Kier molecular flexibility index (Phi) is 5.02. The van der Waals surface area contributed by atoms with Crippen LogP contribution >= 0.6 is 11.6 Å². The fraction of sp³-hybridized carbons (Fsp3) is 0.188. The third-order valence-corrected chi connectivity index (χ3v) is 3.26. The van der Waals surface area contributed by atoms with Crippen molar-refractivity contribution in [2.24, 2.45) is 0 Å². The lowest BCUT2D eigenvalue weighted by Crippen LogP contribution is -2.22. The van der Waals surface area contributed by atoms with Gasteiger partial charge in [0.25, 0.3) is 5.91 Å². The molecule has 0 fully saturated rings. The molecular weight excluding hydrogens is 274 g/mol. The third-order valence-electron chi connectivity index (χ3n) is 2.96. The van der Waals surface area contributed by atoms with Crippen LogP contribution in [0.1, 0.15) is 21.5 Å². The van der Waals surface area contributed by atoms with Crippen LogP contribution in [0.5, 0.6) is 5.75 Å². The smallest absolute Gasteiger partial charge is 0.251 e. The van der Waals surface area contributed by atoms with E-state index in [4.69, 9.17) is 16.3 Å². The maximum absolute atomic E-state index is 12.0. The molecule has 0 saturated carbocycles. The fourth-order valence-corrected chi connectivity index (χ4v) is 1.99. The number of halogens is 1. The minimum atomic E-state index is -0.104. The van der Waals surface area contributed by atoms with Gasteiger partial charge in [0.2, 0.25) is 0 Å². The van der Waals surface area contributed by atoms with Crippen molar-refractivity contribution in [3.63, 3.8) is 0 Å². The predicted molar refractivity (Wildman–Crippen MR) is 80.2 cm³/mol. The van der Waals surface area contributed by atoms with Gasteiger partial charge in [-0.2, -0.15) is 0 Å². The maximum atomic E-state index is 12.0. The Morgan fingerprint density at radius 3 is 2.55 bits per heavy atom. The molecule has 0 heterocycles. The van der Waals surface area contributed by atoms with Gasteiger partial charge in [-0.3, -0.25) is 4.79 Å². The second-order valence-corrected chi connectivity index (χ2v) is 4.63. The first-order chi connectivity index (χ1) is 9.72. The lowest BCUT2D eigenvalue weighted by Gasteiger charge is -2.07. The molecule has 0 aromatic heterocycles. The third kappa shape index (κ3) is 3.75. The molecule has 104 valence electrons. The number of rotatable bonds is 5. The van der Waals surface area contributed by atoms with Crippen molar-refractivity contribution in [3.8, 4) is 5.75 Å². The Hall–Kier alpha value is -2.00. The molecule has 0 unspecified atom stereocenters. The number of hydrogen-bond acceptors (Lipinski definition) is 2. The minimum Gasteiger partial charge on any atom is -0.497 e. The number of benzene rings is 2. The molecule has 0 saturated heterocycles. The number of nitrogens with one attached hydrogen (secondary N) is 1. The molecule has 0 atom stereocenters. The van der Waals surface area contributed by atoms with E-state index in [0.717, 1.165) is 16.9 Å². The number of carbonyl (C=O) groups is 1. The highest BCUT2D eigenvalue weighted by molar-refractivity contribution is 6.17. The molecule has 4 heteroatoms. The first-order valence-electron chi connectivity index (χ1n) is 6.29. The van der Waals surface area contributed by atoms with E-state index in [1.807, 2.05) is 36.4 Å². The minimum absolute atomic E-state index is 0.104. The van der Waals surface area contributed by atoms with Gasteiger partial charge >= 0.3 is 0 Å². The summed E-state index contributed by atoms with van der Waals surface area (Å²) in [5, 5.41) is 2.88. The van der Waals surface area contributed by atoms with Crippen LogP contribution in [-0.4, -0.2) is 13.0 Å². The van der Waals surface area contributed by atoms with Gasteiger partial charge in [0.1, 0.15) is 5.75 Å². The summed E-state index contributed by atoms with van der Waals surface area (Å²) in [6, 6.07) is 14.9. The van der Waals surface area contributed by atoms with Gasteiger partial charge in [0.15, 0.2) is 0 Å². The molecular formula is C16H16ClNO2. The number of carbonyl (C=O) groups excluding carboxylic acids is 1. The molecule has 3 nitrogen and oxygen atoms in total. The zero-order chi connectivity index (χ0) is 14.4. The molecule has 0 spiro atoms. The molecule has 1 N–H and O–H groups in total. The van der Waals surface area contributed by atoms with Crippen LogP contribution in [0.3, 0.4) is 0 Å². The van der Waals surface area contributed by atoms with E-state index in [9.17, 15) is 4.79 Å². The van der Waals surface area contributed by atoms with Crippen LogP contribution < -0.4 is 10.1 Å². The molecule has 1 amide bonds. The van der Waals surface area contributed by atoms with Gasteiger partial charge < -0.3 is 10.1 Å². The first-order valence-corrected chi connectivity index (χ1v) is 6.82. The van der Waals surface area contributed by atoms with Crippen molar-refractivity contribution in [2.45, 2.75) is 12.4 Å². The molecule has 2 aromatic carbocycles. The van der Waals surface area contributed by atoms with Gasteiger partial charge in [-0.1, -0.05) is 24.3 Å². The number of methoxy groups -OCH3 is 1. The summed E-state index contributed by atoms with van der Waals surface area (Å²) < 4.78 is 5.09. The molecule has 0 bridgehead atoms. The van der Waals surface area contributed by atoms with Crippen LogP contribution in [0, 0.1) is 0 Å². The van der Waals surface area contributed by atoms with Crippen LogP contribution in [0.2, 0.25) is 0 Å². The van der Waals surface area contributed by atoms with Crippen molar-refractivity contribution >= 4 is 17.5 Å². The quantitative estimate of drug-likeness (QED) is 0.857. The van der Waals surface area contributed by atoms with Crippen molar-refractivity contribution in [2.75, 3.05) is 7.11 Å². The van der Waals surface area contributed by atoms with Crippen LogP contribution in [0.15, 0.2) is 48.5 Å². The van der Waals surface area contributed by atoms with E-state index in [2.05, 4.69) is 5.32 Å². The van der Waals surface area contributed by atoms with Crippen molar-refractivity contribution < 1.29 is 9.53 Å². The molecule has 0 aliphatic heterocycles. The van der Waals surface area contributed by atoms with E-state index in [-0.39, 0.29) is 5.91 Å². The van der Waals surface area contributed by atoms with E-state index >= 15 is 0 Å². The summed E-state index contributed by atoms with van der Waals surface area (Å²) in [5.74, 6) is 1.10. The zero-order valence-corrected chi connectivity index (χ0v) is 12.0. The fourth-order valence-electron chi connectivity index (χ4n) is 1.82. The van der Waals surface area contributed by atoms with Crippen LogP contribution in [0.25, 0.3) is 0 Å². The average molecular weight is 290 g/mol. The van der Waals surface area contributed by atoms with Gasteiger partial charge in [0.05, 0.1) is 7.11 Å². The maximum Gasteiger partial charge on any atom is 0.251 e. The topological polar surface area (TPSA) is 38.3 Å². The summed E-state index contributed by atoms with van der Waals surface area (Å²) in [6.45, 7) is 0.480. The summed E-state index contributed by atoms with van der Waals surface area (Å²) in [4.78, 5) is 12.0. The summed E-state index contributed by atoms with van der Waals surface area (Å²) >= 11 is 5.76. The number of alkyl halides is 1. The molecule has 0 aliphatic rings. The number of amides is 1. The Bertz CT molecular complexity index is 581. The standard InChI is InChI=1S/C16H16ClNO2/c1-20-15-7-5-12(6-8-15)11-18-16(19)14-4-2-3-13(9-14)10-17/h2-9H,10-11H2,1H3,(H,18,19). The van der Waals surface area contributed by atoms with Gasteiger partial charge in [0, 0.05) is 18.0 Å². The summed E-state index contributed by atoms with van der Waals surface area (Å²) in [7, 11) is 1.63. The van der Waals surface area contributed by atoms with E-state index in [0.29, 0.717) is 18.0 Å². The highest BCUT2D eigenvalue weighted by Crippen LogP contribution is 2.12. The van der Waals surface area contributed by atoms with Gasteiger partial charge in [-0.25, -0.2) is 0 Å². The highest BCUT2D eigenvalue weighted by Gasteiger charge is 2.05. The summed E-state index contributed by atoms with van der Waals surface area (Å²) in [6.07, 6.45) is 0. The normalized spacial score (nSPS) is 10.1. The number of hydrogen-bond donors (Lipinski definition) is 1. The Morgan fingerprint density at radius 1 is 1.15 bits per heavy atom. The molecule has 0 radical (unpaired) electrons. The van der Waals surface area contributed by atoms with E-state index < -0.39 is 0 Å². The Morgan fingerprint density at radius 2 is 1.90 bits per heavy atom. The Labute approximate surface area is 123 Å². The van der Waals surface area contributed by atoms with Crippen molar-refractivity contribution in [1.82, 2.24) is 5.32 Å². The van der Waals surface area contributed by atoms with Crippen LogP contribution in [-0.2, 0) is 12.4 Å². The zero-order valence-electron chi connectivity index (χ0n) is 11.2. The van der Waals surface area contributed by atoms with Crippen molar-refractivity contribution in [3.05, 3.63) is 65.2 Å². The average Bonchev–Trinajstić information content (AvgIpc) is 2.53. The lowest BCUT2D eigenvalue weighted by atomic mass is 10.1. The largest absolute Gasteiger partial charge is 0.497 e. The highest BCUT2D eigenvalue weighted by atomic mass is 35.5.